The van der Waals surface area contributed by atoms with Crippen molar-refractivity contribution in [3.63, 3.8) is 0 Å². The van der Waals surface area contributed by atoms with Gasteiger partial charge in [-0.1, -0.05) is 30.3 Å². The monoisotopic (exact) mass is 282 g/mol. The molecule has 1 aliphatic heterocycles. The zero-order valence-electron chi connectivity index (χ0n) is 11.1. The number of alkyl halides is 3. The molecule has 2 unspecified atom stereocenters. The molecule has 0 saturated carbocycles. The van der Waals surface area contributed by atoms with Crippen LogP contribution in [-0.4, -0.2) is 30.7 Å². The largest absolute Gasteiger partial charge is 0.393 e. The summed E-state index contributed by atoms with van der Waals surface area (Å²) in [6, 6.07) is 11.4. The minimum absolute atomic E-state index is 0.00845. The molecule has 108 valence electrons. The van der Waals surface area contributed by atoms with E-state index in [1.54, 1.807) is 4.90 Å². The first kappa shape index (κ1) is 14.9. The van der Waals surface area contributed by atoms with Crippen LogP contribution in [0, 0.1) is 17.2 Å². The first-order valence-corrected chi connectivity index (χ1v) is 6.74. The lowest BCUT2D eigenvalue weighted by molar-refractivity contribution is -0.186. The molecule has 0 bridgehead atoms. The molecule has 0 amide bonds. The van der Waals surface area contributed by atoms with E-state index in [0.29, 0.717) is 19.5 Å². The Morgan fingerprint density at radius 1 is 1.30 bits per heavy atom. The van der Waals surface area contributed by atoms with Crippen molar-refractivity contribution in [2.45, 2.75) is 24.9 Å². The number of rotatable bonds is 3. The average molecular weight is 282 g/mol. The molecule has 1 heterocycles. The second-order valence-corrected chi connectivity index (χ2v) is 5.23. The van der Waals surface area contributed by atoms with Crippen molar-refractivity contribution in [1.82, 2.24) is 4.90 Å². The van der Waals surface area contributed by atoms with Crippen LogP contribution in [0.15, 0.2) is 30.3 Å². The second-order valence-electron chi connectivity index (χ2n) is 5.23. The lowest BCUT2D eigenvalue weighted by Crippen LogP contribution is -2.43. The van der Waals surface area contributed by atoms with E-state index in [1.807, 2.05) is 30.3 Å². The Kier molecular flexibility index (Phi) is 4.66. The summed E-state index contributed by atoms with van der Waals surface area (Å²) in [4.78, 5) is 1.77. The predicted molar refractivity (Wildman–Crippen MR) is 70.0 cm³/mol. The standard InChI is InChI=1S/C15H17F3N2/c16-15(17,18)14-7-4-8-20(11-14)10-13(9-19)12-5-2-1-3-6-12/h1-3,5-6,13-14H,4,7-8,10-11H2. The first-order valence-electron chi connectivity index (χ1n) is 6.74. The number of benzene rings is 1. The second kappa shape index (κ2) is 6.27. The Morgan fingerprint density at radius 3 is 2.60 bits per heavy atom. The van der Waals surface area contributed by atoms with Crippen LogP contribution in [0.3, 0.4) is 0 Å². The summed E-state index contributed by atoms with van der Waals surface area (Å²) in [5.41, 5.74) is 0.865. The van der Waals surface area contributed by atoms with Gasteiger partial charge in [-0.25, -0.2) is 0 Å². The predicted octanol–water partition coefficient (Wildman–Crippen LogP) is 3.57. The molecule has 1 fully saturated rings. The highest BCUT2D eigenvalue weighted by molar-refractivity contribution is 5.25. The summed E-state index contributed by atoms with van der Waals surface area (Å²) in [5, 5.41) is 9.24. The van der Waals surface area contributed by atoms with Crippen LogP contribution in [0.2, 0.25) is 0 Å². The van der Waals surface area contributed by atoms with E-state index in [1.165, 1.54) is 0 Å². The summed E-state index contributed by atoms with van der Waals surface area (Å²) in [6.07, 6.45) is -3.40. The molecule has 20 heavy (non-hydrogen) atoms. The normalized spacial score (nSPS) is 22.2. The molecule has 5 heteroatoms. The van der Waals surface area contributed by atoms with Crippen molar-refractivity contribution in [3.05, 3.63) is 35.9 Å². The fourth-order valence-corrected chi connectivity index (χ4v) is 2.65. The van der Waals surface area contributed by atoms with Crippen LogP contribution in [0.4, 0.5) is 13.2 Å². The highest BCUT2D eigenvalue weighted by Gasteiger charge is 2.41. The van der Waals surface area contributed by atoms with Gasteiger partial charge in [0, 0.05) is 13.1 Å². The van der Waals surface area contributed by atoms with Gasteiger partial charge in [-0.05, 0) is 24.9 Å². The number of likely N-dealkylation sites (tertiary alicyclic amines) is 1. The summed E-state index contributed by atoms with van der Waals surface area (Å²) >= 11 is 0. The van der Waals surface area contributed by atoms with E-state index in [-0.39, 0.29) is 18.9 Å². The van der Waals surface area contributed by atoms with Crippen molar-refractivity contribution >= 4 is 0 Å². The van der Waals surface area contributed by atoms with Crippen LogP contribution >= 0.6 is 0 Å². The number of piperidine rings is 1. The van der Waals surface area contributed by atoms with Crippen molar-refractivity contribution in [3.8, 4) is 6.07 Å². The van der Waals surface area contributed by atoms with Gasteiger partial charge in [0.25, 0.3) is 0 Å². The van der Waals surface area contributed by atoms with Gasteiger partial charge >= 0.3 is 6.18 Å². The first-order chi connectivity index (χ1) is 9.50. The van der Waals surface area contributed by atoms with Crippen LogP contribution in [0.1, 0.15) is 24.3 Å². The van der Waals surface area contributed by atoms with Crippen molar-refractivity contribution in [1.29, 1.82) is 5.26 Å². The molecule has 2 nitrogen and oxygen atoms in total. The minimum atomic E-state index is -4.13. The fourth-order valence-electron chi connectivity index (χ4n) is 2.65. The molecule has 0 radical (unpaired) electrons. The van der Waals surface area contributed by atoms with E-state index < -0.39 is 12.1 Å². The molecule has 0 aromatic heterocycles. The van der Waals surface area contributed by atoms with Crippen molar-refractivity contribution in [2.24, 2.45) is 5.92 Å². The number of halogens is 3. The molecular formula is C15H17F3N2. The van der Waals surface area contributed by atoms with Crippen LogP contribution in [-0.2, 0) is 0 Å². The van der Waals surface area contributed by atoms with E-state index in [9.17, 15) is 18.4 Å². The number of hydrogen-bond acceptors (Lipinski definition) is 2. The minimum Gasteiger partial charge on any atom is -0.301 e. The molecule has 0 aliphatic carbocycles. The van der Waals surface area contributed by atoms with Gasteiger partial charge in [-0.15, -0.1) is 0 Å². The third kappa shape index (κ3) is 3.73. The molecule has 1 aromatic rings. The topological polar surface area (TPSA) is 27.0 Å². The van der Waals surface area contributed by atoms with E-state index in [0.717, 1.165) is 5.56 Å². The Balaban J connectivity index is 2.00. The molecule has 2 rings (SSSR count). The summed E-state index contributed by atoms with van der Waals surface area (Å²) in [6.45, 7) is 1.01. The zero-order valence-corrected chi connectivity index (χ0v) is 11.1. The van der Waals surface area contributed by atoms with E-state index >= 15 is 0 Å². The molecule has 1 saturated heterocycles. The fraction of sp³-hybridized carbons (Fsp3) is 0.533. The van der Waals surface area contributed by atoms with E-state index in [2.05, 4.69) is 6.07 Å². The van der Waals surface area contributed by atoms with Crippen LogP contribution in [0.5, 0.6) is 0 Å². The molecule has 2 atom stereocenters. The van der Waals surface area contributed by atoms with Gasteiger partial charge in [-0.2, -0.15) is 18.4 Å². The summed E-state index contributed by atoms with van der Waals surface area (Å²) in [7, 11) is 0. The molecule has 1 aliphatic rings. The van der Waals surface area contributed by atoms with Gasteiger partial charge in [0.15, 0.2) is 0 Å². The van der Waals surface area contributed by atoms with Crippen molar-refractivity contribution < 1.29 is 13.2 Å². The summed E-state index contributed by atoms with van der Waals surface area (Å²) in [5.74, 6) is -1.63. The highest BCUT2D eigenvalue weighted by Crippen LogP contribution is 2.33. The van der Waals surface area contributed by atoms with E-state index in [4.69, 9.17) is 0 Å². The number of nitrogens with zero attached hydrogens (tertiary/aromatic N) is 2. The maximum absolute atomic E-state index is 12.8. The third-order valence-electron chi connectivity index (χ3n) is 3.77. The lowest BCUT2D eigenvalue weighted by atomic mass is 9.94. The number of hydrogen-bond donors (Lipinski definition) is 0. The van der Waals surface area contributed by atoms with Crippen LogP contribution < -0.4 is 0 Å². The van der Waals surface area contributed by atoms with Crippen molar-refractivity contribution in [2.75, 3.05) is 19.6 Å². The molecule has 0 N–H and O–H groups in total. The zero-order chi connectivity index (χ0) is 14.6. The Hall–Kier alpha value is -1.54. The Morgan fingerprint density at radius 2 is 2.00 bits per heavy atom. The number of nitriles is 1. The maximum Gasteiger partial charge on any atom is 0.393 e. The average Bonchev–Trinajstić information content (AvgIpc) is 2.45. The molecule has 1 aromatic carbocycles. The lowest BCUT2D eigenvalue weighted by Gasteiger charge is -2.34. The SMILES string of the molecule is N#CC(CN1CCCC(C(F)(F)F)C1)c1ccccc1. The Labute approximate surface area is 116 Å². The van der Waals surface area contributed by atoms with Gasteiger partial charge in [0.2, 0.25) is 0 Å². The van der Waals surface area contributed by atoms with Gasteiger partial charge in [-0.3, -0.25) is 0 Å². The highest BCUT2D eigenvalue weighted by atomic mass is 19.4. The van der Waals surface area contributed by atoms with Gasteiger partial charge in [0.1, 0.15) is 0 Å². The Bertz CT molecular complexity index is 464. The van der Waals surface area contributed by atoms with Gasteiger partial charge in [0.05, 0.1) is 17.9 Å². The van der Waals surface area contributed by atoms with Gasteiger partial charge < -0.3 is 4.90 Å². The summed E-state index contributed by atoms with van der Waals surface area (Å²) < 4.78 is 38.3. The smallest absolute Gasteiger partial charge is 0.301 e. The quantitative estimate of drug-likeness (QED) is 0.847. The third-order valence-corrected chi connectivity index (χ3v) is 3.77. The van der Waals surface area contributed by atoms with Crippen LogP contribution in [0.25, 0.3) is 0 Å². The maximum atomic E-state index is 12.8. The molecular weight excluding hydrogens is 265 g/mol. The molecule has 0 spiro atoms.